The number of aromatic nitrogens is 1. The first-order chi connectivity index (χ1) is 11.6. The molecule has 0 amide bonds. The summed E-state index contributed by atoms with van der Waals surface area (Å²) in [5, 5.41) is 20.3. The number of pyridine rings is 1. The van der Waals surface area contributed by atoms with Crippen LogP contribution in [0.5, 0.6) is 5.75 Å². The van der Waals surface area contributed by atoms with Crippen LogP contribution in [0.4, 0.5) is 0 Å². The first kappa shape index (κ1) is 16.7. The summed E-state index contributed by atoms with van der Waals surface area (Å²) in [5.41, 5.74) is 0.852. The molecule has 1 fully saturated rings. The molecule has 2 heterocycles. The molecule has 0 bridgehead atoms. The minimum Gasteiger partial charge on any atom is -0.490 e. The summed E-state index contributed by atoms with van der Waals surface area (Å²) in [5.74, 6) is -0.397. The lowest BCUT2D eigenvalue weighted by Gasteiger charge is -2.31. The molecule has 0 spiro atoms. The van der Waals surface area contributed by atoms with Crippen LogP contribution >= 0.6 is 0 Å². The highest BCUT2D eigenvalue weighted by Crippen LogP contribution is 2.24. The van der Waals surface area contributed by atoms with Crippen LogP contribution in [0, 0.1) is 5.92 Å². The van der Waals surface area contributed by atoms with Gasteiger partial charge in [-0.2, -0.15) is 0 Å². The van der Waals surface area contributed by atoms with Gasteiger partial charge < -0.3 is 14.9 Å². The molecule has 0 radical (unpaired) electrons. The van der Waals surface area contributed by atoms with Crippen molar-refractivity contribution in [2.75, 3.05) is 26.2 Å². The molecule has 6 heteroatoms. The van der Waals surface area contributed by atoms with Crippen molar-refractivity contribution in [2.24, 2.45) is 5.92 Å². The summed E-state index contributed by atoms with van der Waals surface area (Å²) in [6.45, 7) is 1.90. The Kier molecular flexibility index (Phi) is 5.27. The van der Waals surface area contributed by atoms with Gasteiger partial charge >= 0.3 is 5.97 Å². The number of ether oxygens (including phenoxy) is 1. The van der Waals surface area contributed by atoms with Crippen molar-refractivity contribution in [3.05, 3.63) is 36.5 Å². The summed E-state index contributed by atoms with van der Waals surface area (Å²) in [6, 6.07) is 9.44. The number of rotatable bonds is 6. The van der Waals surface area contributed by atoms with E-state index < -0.39 is 12.1 Å². The number of carbonyl (C=O) groups is 1. The maximum Gasteiger partial charge on any atom is 0.307 e. The van der Waals surface area contributed by atoms with Gasteiger partial charge in [-0.3, -0.25) is 14.7 Å². The van der Waals surface area contributed by atoms with Crippen LogP contribution in [-0.2, 0) is 4.79 Å². The quantitative estimate of drug-likeness (QED) is 0.840. The molecule has 2 atom stereocenters. The normalized spacial score (nSPS) is 20.0. The third-order valence-electron chi connectivity index (χ3n) is 4.36. The molecule has 24 heavy (non-hydrogen) atoms. The Bertz CT molecular complexity index is 701. The molecule has 2 aromatic rings. The van der Waals surface area contributed by atoms with Crippen LogP contribution in [0.25, 0.3) is 10.9 Å². The van der Waals surface area contributed by atoms with Crippen LogP contribution in [0.2, 0.25) is 0 Å². The molecule has 128 valence electrons. The largest absolute Gasteiger partial charge is 0.490 e. The minimum absolute atomic E-state index is 0.169. The van der Waals surface area contributed by atoms with E-state index in [1.165, 1.54) is 0 Å². The Balaban J connectivity index is 1.55. The molecule has 6 nitrogen and oxygen atoms in total. The van der Waals surface area contributed by atoms with Gasteiger partial charge in [0.1, 0.15) is 18.5 Å². The van der Waals surface area contributed by atoms with E-state index >= 15 is 0 Å². The summed E-state index contributed by atoms with van der Waals surface area (Å²) in [4.78, 5) is 17.4. The maximum atomic E-state index is 11.1. The van der Waals surface area contributed by atoms with Gasteiger partial charge in [-0.05, 0) is 43.7 Å². The van der Waals surface area contributed by atoms with E-state index in [4.69, 9.17) is 9.84 Å². The predicted molar refractivity (Wildman–Crippen MR) is 90.0 cm³/mol. The van der Waals surface area contributed by atoms with Crippen molar-refractivity contribution in [2.45, 2.75) is 18.9 Å². The Morgan fingerprint density at radius 3 is 3.08 bits per heavy atom. The van der Waals surface area contributed by atoms with Crippen LogP contribution in [0.3, 0.4) is 0 Å². The standard InChI is InChI=1S/C18H22N2O4/c21-14(11-20-9-3-4-13(10-20)18(22)23)12-24-17-7-1-6-16-15(17)5-2-8-19-16/h1-2,5-8,13-14,21H,3-4,9-12H2,(H,22,23)/t13-,14?/m1/s1. The molecule has 1 aromatic carbocycles. The molecular weight excluding hydrogens is 308 g/mol. The summed E-state index contributed by atoms with van der Waals surface area (Å²) >= 11 is 0. The molecule has 1 aliphatic rings. The third kappa shape index (κ3) is 4.01. The van der Waals surface area contributed by atoms with Gasteiger partial charge in [0.2, 0.25) is 0 Å². The number of fused-ring (bicyclic) bond motifs is 1. The van der Waals surface area contributed by atoms with Crippen molar-refractivity contribution >= 4 is 16.9 Å². The van der Waals surface area contributed by atoms with E-state index in [0.29, 0.717) is 25.3 Å². The highest BCUT2D eigenvalue weighted by molar-refractivity contribution is 5.84. The smallest absolute Gasteiger partial charge is 0.307 e. The molecule has 1 aromatic heterocycles. The molecule has 0 saturated carbocycles. The van der Waals surface area contributed by atoms with E-state index in [1.807, 2.05) is 35.2 Å². The Labute approximate surface area is 140 Å². The molecule has 1 unspecified atom stereocenters. The third-order valence-corrected chi connectivity index (χ3v) is 4.36. The molecule has 2 N–H and O–H groups in total. The predicted octanol–water partition coefficient (Wildman–Crippen LogP) is 1.77. The number of nitrogens with zero attached hydrogens (tertiary/aromatic N) is 2. The number of β-amino-alcohol motifs (C(OH)–C–C–N with tert-alkyl or cyclic N) is 1. The lowest BCUT2D eigenvalue weighted by atomic mass is 9.98. The van der Waals surface area contributed by atoms with Crippen molar-refractivity contribution in [1.82, 2.24) is 9.88 Å². The second-order valence-electron chi connectivity index (χ2n) is 6.23. The number of carboxylic acid groups (broad SMARTS) is 1. The summed E-state index contributed by atoms with van der Waals surface area (Å²) in [7, 11) is 0. The minimum atomic E-state index is -0.756. The van der Waals surface area contributed by atoms with E-state index in [1.54, 1.807) is 6.20 Å². The van der Waals surface area contributed by atoms with E-state index in [-0.39, 0.29) is 12.5 Å². The second kappa shape index (κ2) is 7.59. The Hall–Kier alpha value is -2.18. The average molecular weight is 330 g/mol. The topological polar surface area (TPSA) is 82.9 Å². The number of benzene rings is 1. The first-order valence-corrected chi connectivity index (χ1v) is 8.23. The first-order valence-electron chi connectivity index (χ1n) is 8.23. The number of likely N-dealkylation sites (tertiary alicyclic amines) is 1. The number of carboxylic acids is 1. The maximum absolute atomic E-state index is 11.1. The van der Waals surface area contributed by atoms with E-state index in [9.17, 15) is 9.90 Å². The van der Waals surface area contributed by atoms with Gasteiger partial charge in [0, 0.05) is 24.7 Å². The van der Waals surface area contributed by atoms with Crippen LogP contribution < -0.4 is 4.74 Å². The van der Waals surface area contributed by atoms with Crippen molar-refractivity contribution in [1.29, 1.82) is 0 Å². The number of hydrogen-bond acceptors (Lipinski definition) is 5. The zero-order valence-electron chi connectivity index (χ0n) is 13.5. The SMILES string of the molecule is O=C(O)[C@@H]1CCCN(CC(O)COc2cccc3ncccc23)C1. The molecule has 3 rings (SSSR count). The van der Waals surface area contributed by atoms with Crippen molar-refractivity contribution in [3.63, 3.8) is 0 Å². The fourth-order valence-corrected chi connectivity index (χ4v) is 3.16. The fraction of sp³-hybridized carbons (Fsp3) is 0.444. The van der Waals surface area contributed by atoms with Gasteiger partial charge in [0.25, 0.3) is 0 Å². The number of piperidine rings is 1. The average Bonchev–Trinajstić information content (AvgIpc) is 2.60. The molecular formula is C18H22N2O4. The Morgan fingerprint density at radius 1 is 1.38 bits per heavy atom. The van der Waals surface area contributed by atoms with Crippen molar-refractivity contribution < 1.29 is 19.7 Å². The number of aliphatic hydroxyl groups excluding tert-OH is 1. The van der Waals surface area contributed by atoms with Crippen molar-refractivity contribution in [3.8, 4) is 5.75 Å². The van der Waals surface area contributed by atoms with Gasteiger partial charge in [0.05, 0.1) is 11.4 Å². The van der Waals surface area contributed by atoms with Gasteiger partial charge in [0.15, 0.2) is 0 Å². The number of aliphatic carboxylic acids is 1. The lowest BCUT2D eigenvalue weighted by Crippen LogP contribution is -2.43. The second-order valence-corrected chi connectivity index (χ2v) is 6.23. The van der Waals surface area contributed by atoms with Gasteiger partial charge in [-0.15, -0.1) is 0 Å². The highest BCUT2D eigenvalue weighted by atomic mass is 16.5. The summed E-state index contributed by atoms with van der Waals surface area (Å²) in [6.07, 6.45) is 2.63. The lowest BCUT2D eigenvalue weighted by molar-refractivity contribution is -0.143. The zero-order chi connectivity index (χ0) is 16.9. The van der Waals surface area contributed by atoms with Gasteiger partial charge in [-0.25, -0.2) is 0 Å². The molecule has 0 aliphatic carbocycles. The highest BCUT2D eigenvalue weighted by Gasteiger charge is 2.26. The van der Waals surface area contributed by atoms with Crippen LogP contribution in [0.1, 0.15) is 12.8 Å². The number of hydrogen-bond donors (Lipinski definition) is 2. The number of aliphatic hydroxyl groups is 1. The van der Waals surface area contributed by atoms with Crippen LogP contribution in [0.15, 0.2) is 36.5 Å². The molecule has 1 aliphatic heterocycles. The Morgan fingerprint density at radius 2 is 2.25 bits per heavy atom. The fourth-order valence-electron chi connectivity index (χ4n) is 3.16. The molecule has 1 saturated heterocycles. The van der Waals surface area contributed by atoms with E-state index in [0.717, 1.165) is 23.9 Å². The van der Waals surface area contributed by atoms with Gasteiger partial charge in [-0.1, -0.05) is 6.07 Å². The zero-order valence-corrected chi connectivity index (χ0v) is 13.5. The van der Waals surface area contributed by atoms with Crippen LogP contribution in [-0.4, -0.2) is 58.4 Å². The van der Waals surface area contributed by atoms with E-state index in [2.05, 4.69) is 4.98 Å². The monoisotopic (exact) mass is 330 g/mol. The summed E-state index contributed by atoms with van der Waals surface area (Å²) < 4.78 is 5.76.